The van der Waals surface area contributed by atoms with Gasteiger partial charge in [-0.3, -0.25) is 4.99 Å². The number of hydrogen-bond donors (Lipinski definition) is 2. The van der Waals surface area contributed by atoms with Crippen LogP contribution >= 0.6 is 24.0 Å². The highest BCUT2D eigenvalue weighted by atomic mass is 127. The smallest absolute Gasteiger partial charge is 0.193 e. The van der Waals surface area contributed by atoms with Crippen LogP contribution < -0.4 is 20.5 Å². The minimum atomic E-state index is 0. The molecule has 0 saturated carbocycles. The molecule has 0 saturated heterocycles. The lowest BCUT2D eigenvalue weighted by molar-refractivity contribution is 0.120. The van der Waals surface area contributed by atoms with Crippen LogP contribution in [0.1, 0.15) is 12.0 Å². The van der Waals surface area contributed by atoms with Crippen molar-refractivity contribution in [2.45, 2.75) is 13.0 Å². The molecule has 0 fully saturated rings. The highest BCUT2D eigenvalue weighted by molar-refractivity contribution is 14.0. The summed E-state index contributed by atoms with van der Waals surface area (Å²) in [4.78, 5) is 4.29. The molecule has 6 nitrogen and oxygen atoms in total. The zero-order valence-corrected chi connectivity index (χ0v) is 17.4. The molecule has 2 rings (SSSR count). The Morgan fingerprint density at radius 3 is 2.46 bits per heavy atom. The van der Waals surface area contributed by atoms with Gasteiger partial charge in [-0.05, 0) is 36.2 Å². The van der Waals surface area contributed by atoms with Crippen molar-refractivity contribution in [1.29, 1.82) is 0 Å². The number of nitrogens with zero attached hydrogens (tertiary/aromatic N) is 1. The van der Waals surface area contributed by atoms with Crippen molar-refractivity contribution in [2.75, 3.05) is 32.7 Å². The molecule has 0 amide bonds. The monoisotopic (exact) mass is 471 g/mol. The number of aliphatic imine (C=N–C) groups is 1. The van der Waals surface area contributed by atoms with Crippen LogP contribution in [0.4, 0.5) is 5.69 Å². The Labute approximate surface area is 171 Å². The van der Waals surface area contributed by atoms with Crippen LogP contribution in [0.3, 0.4) is 0 Å². The predicted octanol–water partition coefficient (Wildman–Crippen LogP) is 3.66. The summed E-state index contributed by atoms with van der Waals surface area (Å²) in [6, 6.07) is 15.4. The van der Waals surface area contributed by atoms with Crippen molar-refractivity contribution in [1.82, 2.24) is 0 Å². The lowest BCUT2D eigenvalue weighted by Gasteiger charge is -2.07. The van der Waals surface area contributed by atoms with E-state index in [-0.39, 0.29) is 24.0 Å². The summed E-state index contributed by atoms with van der Waals surface area (Å²) in [5, 5.41) is 3.04. The summed E-state index contributed by atoms with van der Waals surface area (Å²) >= 11 is 0. The normalized spacial score (nSPS) is 10.8. The van der Waals surface area contributed by atoms with Crippen molar-refractivity contribution in [3.05, 3.63) is 54.1 Å². The lowest BCUT2D eigenvalue weighted by Crippen LogP contribution is -2.23. The topological polar surface area (TPSA) is 78.1 Å². The Bertz CT molecular complexity index is 678. The quantitative estimate of drug-likeness (QED) is 0.253. The molecule has 0 aromatic heterocycles. The summed E-state index contributed by atoms with van der Waals surface area (Å²) in [6.07, 6.45) is 0.802. The number of anilines is 1. The Kier molecular flexibility index (Phi) is 10.5. The van der Waals surface area contributed by atoms with Gasteiger partial charge in [0, 0.05) is 24.9 Å². The van der Waals surface area contributed by atoms with Crippen molar-refractivity contribution < 1.29 is 14.2 Å². The van der Waals surface area contributed by atoms with E-state index in [9.17, 15) is 0 Å². The molecule has 0 spiro atoms. The van der Waals surface area contributed by atoms with Crippen molar-refractivity contribution in [3.8, 4) is 11.5 Å². The van der Waals surface area contributed by atoms with Gasteiger partial charge in [0.15, 0.2) is 5.96 Å². The van der Waals surface area contributed by atoms with Gasteiger partial charge in [-0.1, -0.05) is 18.2 Å². The number of rotatable bonds is 9. The number of benzene rings is 2. The number of nitrogens with one attached hydrogen (secondary N) is 1. The molecule has 7 heteroatoms. The molecule has 26 heavy (non-hydrogen) atoms. The molecule has 0 atom stereocenters. The number of nitrogens with two attached hydrogens (primary N) is 1. The molecule has 2 aromatic rings. The molecule has 0 radical (unpaired) electrons. The first-order valence-corrected chi connectivity index (χ1v) is 8.13. The standard InChI is InChI=1S/C19H25N3O3.HI/c1-23-17-9-7-15(8-10-17)14-25-12-4-11-21-19(20)22-16-5-3-6-18(13-16)24-2;/h3,5-10,13H,4,11-12,14H2,1-2H3,(H3,20,21,22);1H. The molecule has 0 aliphatic heterocycles. The third-order valence-electron chi connectivity index (χ3n) is 3.50. The second kappa shape index (κ2) is 12.4. The first-order valence-electron chi connectivity index (χ1n) is 8.13. The van der Waals surface area contributed by atoms with Gasteiger partial charge in [-0.25, -0.2) is 0 Å². The summed E-state index contributed by atoms with van der Waals surface area (Å²) in [6.45, 7) is 1.80. The molecule has 0 aliphatic rings. The van der Waals surface area contributed by atoms with Gasteiger partial charge >= 0.3 is 0 Å². The first-order chi connectivity index (χ1) is 12.2. The maximum Gasteiger partial charge on any atom is 0.193 e. The fraction of sp³-hybridized carbons (Fsp3) is 0.316. The van der Waals surface area contributed by atoms with Crippen LogP contribution in [0.2, 0.25) is 0 Å². The maximum absolute atomic E-state index is 5.88. The second-order valence-corrected chi connectivity index (χ2v) is 5.38. The predicted molar refractivity (Wildman–Crippen MR) is 116 cm³/mol. The summed E-state index contributed by atoms with van der Waals surface area (Å²) in [5.74, 6) is 1.99. The molecule has 0 bridgehead atoms. The molecule has 2 aromatic carbocycles. The zero-order valence-electron chi connectivity index (χ0n) is 15.1. The Morgan fingerprint density at radius 1 is 1.04 bits per heavy atom. The number of halogens is 1. The van der Waals surface area contributed by atoms with E-state index in [2.05, 4.69) is 10.3 Å². The average molecular weight is 471 g/mol. The summed E-state index contributed by atoms with van der Waals surface area (Å²) in [7, 11) is 3.28. The van der Waals surface area contributed by atoms with E-state index < -0.39 is 0 Å². The minimum Gasteiger partial charge on any atom is -0.497 e. The zero-order chi connectivity index (χ0) is 17.9. The van der Waals surface area contributed by atoms with Crippen molar-refractivity contribution in [2.24, 2.45) is 10.7 Å². The van der Waals surface area contributed by atoms with E-state index in [1.165, 1.54) is 0 Å². The number of ether oxygens (including phenoxy) is 3. The fourth-order valence-electron chi connectivity index (χ4n) is 2.17. The minimum absolute atomic E-state index is 0. The largest absolute Gasteiger partial charge is 0.497 e. The van der Waals surface area contributed by atoms with Crippen LogP contribution in [-0.2, 0) is 11.3 Å². The van der Waals surface area contributed by atoms with Crippen molar-refractivity contribution >= 4 is 35.6 Å². The van der Waals surface area contributed by atoms with E-state index in [1.807, 2.05) is 48.5 Å². The highest BCUT2D eigenvalue weighted by Crippen LogP contribution is 2.16. The van der Waals surface area contributed by atoms with E-state index in [0.717, 1.165) is 29.2 Å². The van der Waals surface area contributed by atoms with Crippen LogP contribution in [0.5, 0.6) is 11.5 Å². The molecular weight excluding hydrogens is 445 g/mol. The van der Waals surface area contributed by atoms with Gasteiger partial charge in [-0.15, -0.1) is 24.0 Å². The van der Waals surface area contributed by atoms with Gasteiger partial charge in [0.1, 0.15) is 11.5 Å². The van der Waals surface area contributed by atoms with Gasteiger partial charge in [0.2, 0.25) is 0 Å². The number of guanidine groups is 1. The van der Waals surface area contributed by atoms with Crippen LogP contribution in [0.15, 0.2) is 53.5 Å². The van der Waals surface area contributed by atoms with Gasteiger partial charge in [0.25, 0.3) is 0 Å². The molecule has 0 aliphatic carbocycles. The maximum atomic E-state index is 5.88. The van der Waals surface area contributed by atoms with E-state index in [1.54, 1.807) is 14.2 Å². The Hall–Kier alpha value is -2.00. The molecule has 142 valence electrons. The molecule has 0 unspecified atom stereocenters. The Balaban J connectivity index is 0.00000338. The molecular formula is C19H26IN3O3. The van der Waals surface area contributed by atoms with Gasteiger partial charge < -0.3 is 25.3 Å². The summed E-state index contributed by atoms with van der Waals surface area (Å²) in [5.41, 5.74) is 7.83. The van der Waals surface area contributed by atoms with E-state index >= 15 is 0 Å². The number of hydrogen-bond acceptors (Lipinski definition) is 4. The van der Waals surface area contributed by atoms with Crippen molar-refractivity contribution in [3.63, 3.8) is 0 Å². The van der Waals surface area contributed by atoms with Gasteiger partial charge in [-0.2, -0.15) is 0 Å². The average Bonchev–Trinajstić information content (AvgIpc) is 2.65. The van der Waals surface area contributed by atoms with Crippen LogP contribution in [0.25, 0.3) is 0 Å². The summed E-state index contributed by atoms with van der Waals surface area (Å²) < 4.78 is 15.9. The third kappa shape index (κ3) is 7.92. The first kappa shape index (κ1) is 22.0. The fourth-order valence-corrected chi connectivity index (χ4v) is 2.17. The van der Waals surface area contributed by atoms with Gasteiger partial charge in [0.05, 0.1) is 20.8 Å². The number of methoxy groups -OCH3 is 2. The van der Waals surface area contributed by atoms with Crippen LogP contribution in [-0.4, -0.2) is 33.3 Å². The SMILES string of the molecule is COc1ccc(COCCCN=C(N)Nc2cccc(OC)c2)cc1.I. The second-order valence-electron chi connectivity index (χ2n) is 5.38. The molecule has 3 N–H and O–H groups in total. The van der Waals surface area contributed by atoms with E-state index in [0.29, 0.717) is 25.7 Å². The van der Waals surface area contributed by atoms with Crippen LogP contribution in [0, 0.1) is 0 Å². The van der Waals surface area contributed by atoms with E-state index in [4.69, 9.17) is 19.9 Å². The lowest BCUT2D eigenvalue weighted by atomic mass is 10.2. The third-order valence-corrected chi connectivity index (χ3v) is 3.50. The highest BCUT2D eigenvalue weighted by Gasteiger charge is 1.98. The molecule has 0 heterocycles. The Morgan fingerprint density at radius 2 is 1.77 bits per heavy atom.